The molecule has 0 radical (unpaired) electrons. The van der Waals surface area contributed by atoms with E-state index in [1.165, 1.54) is 10.8 Å². The summed E-state index contributed by atoms with van der Waals surface area (Å²) in [6, 6.07) is 14.4. The first kappa shape index (κ1) is 13.7. The van der Waals surface area contributed by atoms with Crippen LogP contribution in [0.1, 0.15) is 34.3 Å². The zero-order valence-electron chi connectivity index (χ0n) is 12.4. The number of aryl methyl sites for hydroxylation is 1. The second-order valence-electron chi connectivity index (χ2n) is 5.60. The lowest BCUT2D eigenvalue weighted by Gasteiger charge is -2.26. The predicted molar refractivity (Wildman–Crippen MR) is 86.2 cm³/mol. The van der Waals surface area contributed by atoms with E-state index in [1.807, 2.05) is 18.2 Å². The summed E-state index contributed by atoms with van der Waals surface area (Å²) in [5, 5.41) is 2.35. The zero-order valence-corrected chi connectivity index (χ0v) is 12.4. The van der Waals surface area contributed by atoms with Crippen molar-refractivity contribution in [1.29, 1.82) is 0 Å². The summed E-state index contributed by atoms with van der Waals surface area (Å²) in [5.74, 6) is -0.205. The van der Waals surface area contributed by atoms with Crippen molar-refractivity contribution in [1.82, 2.24) is 9.97 Å². The van der Waals surface area contributed by atoms with Crippen LogP contribution < -0.4 is 10.5 Å². The van der Waals surface area contributed by atoms with Gasteiger partial charge in [-0.2, -0.15) is 4.98 Å². The van der Waals surface area contributed by atoms with Crippen molar-refractivity contribution >= 4 is 16.7 Å². The minimum atomic E-state index is -0.649. The molecular formula is C18H15N3O2. The Kier molecular flexibility index (Phi) is 3.19. The molecule has 1 aliphatic rings. The average molecular weight is 305 g/mol. The summed E-state index contributed by atoms with van der Waals surface area (Å²) in [4.78, 5) is 19.4. The topological polar surface area (TPSA) is 78.1 Å². The van der Waals surface area contributed by atoms with E-state index in [1.54, 1.807) is 6.20 Å². The zero-order chi connectivity index (χ0) is 15.8. The molecule has 0 spiro atoms. The maximum atomic E-state index is 11.3. The highest BCUT2D eigenvalue weighted by Gasteiger charge is 2.25. The molecule has 5 nitrogen and oxygen atoms in total. The maximum Gasteiger partial charge on any atom is 0.286 e. The third kappa shape index (κ3) is 2.40. The number of benzene rings is 2. The summed E-state index contributed by atoms with van der Waals surface area (Å²) < 4.78 is 6.06. The SMILES string of the molecule is NC(=O)c1ncc2c(n1)OC(c1cccc3ccccc13)CC2. The van der Waals surface area contributed by atoms with Gasteiger partial charge in [-0.05, 0) is 23.6 Å². The lowest BCUT2D eigenvalue weighted by Crippen LogP contribution is -2.21. The number of nitrogens with zero attached hydrogens (tertiary/aromatic N) is 2. The van der Waals surface area contributed by atoms with Crippen molar-refractivity contribution in [2.24, 2.45) is 5.73 Å². The van der Waals surface area contributed by atoms with Gasteiger partial charge in [0.05, 0.1) is 0 Å². The lowest BCUT2D eigenvalue weighted by molar-refractivity contribution is 0.0986. The van der Waals surface area contributed by atoms with Gasteiger partial charge in [0.1, 0.15) is 6.10 Å². The molecule has 1 atom stereocenters. The van der Waals surface area contributed by atoms with Gasteiger partial charge in [-0.3, -0.25) is 4.79 Å². The number of aromatic nitrogens is 2. The summed E-state index contributed by atoms with van der Waals surface area (Å²) >= 11 is 0. The number of hydrogen-bond acceptors (Lipinski definition) is 4. The number of primary amides is 1. The van der Waals surface area contributed by atoms with Crippen LogP contribution in [0.2, 0.25) is 0 Å². The Morgan fingerprint density at radius 2 is 2.00 bits per heavy atom. The molecule has 5 heteroatoms. The molecule has 2 aromatic carbocycles. The van der Waals surface area contributed by atoms with E-state index in [2.05, 4.69) is 34.2 Å². The minimum Gasteiger partial charge on any atom is -0.469 e. The molecule has 0 fully saturated rings. The Hall–Kier alpha value is -2.95. The Balaban J connectivity index is 1.74. The highest BCUT2D eigenvalue weighted by atomic mass is 16.5. The van der Waals surface area contributed by atoms with Crippen LogP contribution in [0.5, 0.6) is 5.88 Å². The van der Waals surface area contributed by atoms with Crippen LogP contribution in [-0.2, 0) is 6.42 Å². The standard InChI is InChI=1S/C18H15N3O2/c19-16(22)17-20-10-12-8-9-15(23-18(12)21-17)14-7-3-5-11-4-1-2-6-13(11)14/h1-7,10,15H,8-9H2,(H2,19,22). The molecule has 1 aromatic heterocycles. The van der Waals surface area contributed by atoms with Crippen molar-refractivity contribution < 1.29 is 9.53 Å². The number of ether oxygens (including phenoxy) is 1. The van der Waals surface area contributed by atoms with Crippen molar-refractivity contribution in [2.45, 2.75) is 18.9 Å². The van der Waals surface area contributed by atoms with Gasteiger partial charge in [-0.15, -0.1) is 0 Å². The first-order valence-corrected chi connectivity index (χ1v) is 7.52. The molecule has 3 aromatic rings. The molecular weight excluding hydrogens is 290 g/mol. The fourth-order valence-electron chi connectivity index (χ4n) is 3.01. The Morgan fingerprint density at radius 3 is 2.87 bits per heavy atom. The first-order chi connectivity index (χ1) is 11.2. The van der Waals surface area contributed by atoms with Gasteiger partial charge in [0.25, 0.3) is 5.91 Å². The molecule has 2 N–H and O–H groups in total. The number of hydrogen-bond donors (Lipinski definition) is 1. The van der Waals surface area contributed by atoms with Gasteiger partial charge >= 0.3 is 0 Å². The van der Waals surface area contributed by atoms with E-state index in [0.717, 1.165) is 24.0 Å². The van der Waals surface area contributed by atoms with Crippen molar-refractivity contribution in [2.75, 3.05) is 0 Å². The van der Waals surface area contributed by atoms with E-state index < -0.39 is 5.91 Å². The van der Waals surface area contributed by atoms with Gasteiger partial charge in [0.15, 0.2) is 0 Å². The molecule has 1 amide bonds. The number of carbonyl (C=O) groups excluding carboxylic acids is 1. The second-order valence-corrected chi connectivity index (χ2v) is 5.60. The molecule has 1 unspecified atom stereocenters. The van der Waals surface area contributed by atoms with Crippen LogP contribution >= 0.6 is 0 Å². The maximum absolute atomic E-state index is 11.3. The number of amides is 1. The first-order valence-electron chi connectivity index (χ1n) is 7.52. The molecule has 0 saturated heterocycles. The summed E-state index contributed by atoms with van der Waals surface area (Å²) in [6.45, 7) is 0. The largest absolute Gasteiger partial charge is 0.469 e. The van der Waals surface area contributed by atoms with Gasteiger partial charge < -0.3 is 10.5 Å². The van der Waals surface area contributed by atoms with E-state index >= 15 is 0 Å². The highest BCUT2D eigenvalue weighted by Crippen LogP contribution is 2.36. The third-order valence-electron chi connectivity index (χ3n) is 4.15. The normalized spacial score (nSPS) is 16.6. The van der Waals surface area contributed by atoms with E-state index in [9.17, 15) is 4.79 Å². The highest BCUT2D eigenvalue weighted by molar-refractivity contribution is 5.89. The number of rotatable bonds is 2. The average Bonchev–Trinajstić information content (AvgIpc) is 2.60. The molecule has 23 heavy (non-hydrogen) atoms. The fourth-order valence-corrected chi connectivity index (χ4v) is 3.01. The van der Waals surface area contributed by atoms with Crippen LogP contribution in [0.4, 0.5) is 0 Å². The van der Waals surface area contributed by atoms with Crippen LogP contribution in [-0.4, -0.2) is 15.9 Å². The Labute approximate surface area is 133 Å². The quantitative estimate of drug-likeness (QED) is 0.789. The van der Waals surface area contributed by atoms with Gasteiger partial charge in [0.2, 0.25) is 11.7 Å². The molecule has 2 heterocycles. The predicted octanol–water partition coefficient (Wildman–Crippen LogP) is 2.80. The molecule has 0 bridgehead atoms. The lowest BCUT2D eigenvalue weighted by atomic mass is 9.95. The van der Waals surface area contributed by atoms with Crippen LogP contribution in [0, 0.1) is 0 Å². The smallest absolute Gasteiger partial charge is 0.286 e. The minimum absolute atomic E-state index is 0.0117. The molecule has 1 aliphatic heterocycles. The van der Waals surface area contributed by atoms with Gasteiger partial charge in [-0.1, -0.05) is 42.5 Å². The van der Waals surface area contributed by atoms with Gasteiger partial charge in [0, 0.05) is 17.3 Å². The van der Waals surface area contributed by atoms with Crippen LogP contribution in [0.3, 0.4) is 0 Å². The Morgan fingerprint density at radius 1 is 1.17 bits per heavy atom. The van der Waals surface area contributed by atoms with Crippen LogP contribution in [0.25, 0.3) is 10.8 Å². The summed E-state index contributed by atoms with van der Waals surface area (Å²) in [7, 11) is 0. The number of nitrogens with two attached hydrogens (primary N) is 1. The molecule has 0 aliphatic carbocycles. The van der Waals surface area contributed by atoms with E-state index in [-0.39, 0.29) is 11.9 Å². The number of fused-ring (bicyclic) bond motifs is 2. The molecule has 114 valence electrons. The third-order valence-corrected chi connectivity index (χ3v) is 4.15. The van der Waals surface area contributed by atoms with Crippen LogP contribution in [0.15, 0.2) is 48.7 Å². The summed E-state index contributed by atoms with van der Waals surface area (Å²) in [6.07, 6.45) is 3.19. The molecule has 4 rings (SSSR count). The second kappa shape index (κ2) is 5.35. The summed E-state index contributed by atoms with van der Waals surface area (Å²) in [5.41, 5.74) is 7.29. The van der Waals surface area contributed by atoms with E-state index in [0.29, 0.717) is 5.88 Å². The van der Waals surface area contributed by atoms with Gasteiger partial charge in [-0.25, -0.2) is 4.98 Å². The molecule has 0 saturated carbocycles. The van der Waals surface area contributed by atoms with Crippen molar-refractivity contribution in [3.63, 3.8) is 0 Å². The van der Waals surface area contributed by atoms with Crippen molar-refractivity contribution in [3.05, 3.63) is 65.6 Å². The number of carbonyl (C=O) groups is 1. The fraction of sp³-hybridized carbons (Fsp3) is 0.167. The van der Waals surface area contributed by atoms with E-state index in [4.69, 9.17) is 10.5 Å². The Bertz CT molecular complexity index is 902. The van der Waals surface area contributed by atoms with Crippen molar-refractivity contribution in [3.8, 4) is 5.88 Å². The monoisotopic (exact) mass is 305 g/mol.